The zero-order valence-electron chi connectivity index (χ0n) is 15.7. The van der Waals surface area contributed by atoms with Crippen molar-refractivity contribution in [2.75, 3.05) is 6.54 Å². The molecule has 0 atom stereocenters. The second-order valence-electron chi connectivity index (χ2n) is 6.83. The number of primary amides is 1. The molecule has 6 heteroatoms. The second-order valence-corrected chi connectivity index (χ2v) is 8.86. The van der Waals surface area contributed by atoms with E-state index >= 15 is 0 Å². The number of pyridine rings is 1. The van der Waals surface area contributed by atoms with Gasteiger partial charge in [-0.3, -0.25) is 4.79 Å². The van der Waals surface area contributed by atoms with Crippen molar-refractivity contribution in [1.29, 1.82) is 0 Å². The average Bonchev–Trinajstić information content (AvgIpc) is 3.26. The molecule has 0 spiro atoms. The quantitative estimate of drug-likeness (QED) is 0.270. The van der Waals surface area contributed by atoms with Crippen LogP contribution in [0.3, 0.4) is 0 Å². The van der Waals surface area contributed by atoms with Crippen LogP contribution in [0.5, 0.6) is 0 Å². The van der Waals surface area contributed by atoms with Crippen molar-refractivity contribution in [3.8, 4) is 11.3 Å². The highest BCUT2D eigenvalue weighted by Gasteiger charge is 2.11. The zero-order chi connectivity index (χ0) is 20.2. The van der Waals surface area contributed by atoms with Crippen LogP contribution < -0.4 is 11.1 Å². The molecule has 0 aliphatic heterocycles. The zero-order valence-corrected chi connectivity index (χ0v) is 18.7. The minimum Gasteiger partial charge on any atom is -0.366 e. The molecule has 1 amide bonds. The highest BCUT2D eigenvalue weighted by molar-refractivity contribution is 14.1. The standard InChI is InChI=1S/C23H20IN3OS/c24-20-5-1-15(2-6-20)7-9-26-13-19-11-16-3-4-17(23(25)28)12-21(16)27-22(19)18-8-10-29-14-18/h1-6,8,10-12,14,26H,7,9,13H2,(H2,25,28). The molecule has 29 heavy (non-hydrogen) atoms. The maximum atomic E-state index is 11.5. The van der Waals surface area contributed by atoms with Crippen LogP contribution in [0.2, 0.25) is 0 Å². The van der Waals surface area contributed by atoms with Gasteiger partial charge in [0, 0.05) is 32.0 Å². The lowest BCUT2D eigenvalue weighted by molar-refractivity contribution is 0.100. The number of fused-ring (bicyclic) bond motifs is 1. The first kappa shape index (κ1) is 20.0. The Labute approximate surface area is 187 Å². The lowest BCUT2D eigenvalue weighted by Gasteiger charge is -2.12. The van der Waals surface area contributed by atoms with Gasteiger partial charge in [-0.25, -0.2) is 4.98 Å². The topological polar surface area (TPSA) is 68.0 Å². The molecule has 0 saturated heterocycles. The number of rotatable bonds is 7. The van der Waals surface area contributed by atoms with Crippen molar-refractivity contribution in [2.24, 2.45) is 5.73 Å². The molecule has 0 aliphatic rings. The van der Waals surface area contributed by atoms with Crippen molar-refractivity contribution >= 4 is 50.7 Å². The molecule has 4 aromatic rings. The van der Waals surface area contributed by atoms with Gasteiger partial charge in [0.25, 0.3) is 0 Å². The van der Waals surface area contributed by atoms with Crippen LogP contribution in [-0.4, -0.2) is 17.4 Å². The van der Waals surface area contributed by atoms with Crippen LogP contribution in [0.25, 0.3) is 22.2 Å². The van der Waals surface area contributed by atoms with Gasteiger partial charge in [-0.1, -0.05) is 18.2 Å². The number of amides is 1. The lowest BCUT2D eigenvalue weighted by Crippen LogP contribution is -2.17. The van der Waals surface area contributed by atoms with E-state index in [-0.39, 0.29) is 0 Å². The molecule has 4 nitrogen and oxygen atoms in total. The van der Waals surface area contributed by atoms with E-state index in [9.17, 15) is 4.79 Å². The highest BCUT2D eigenvalue weighted by atomic mass is 127. The minimum atomic E-state index is -0.438. The maximum absolute atomic E-state index is 11.5. The summed E-state index contributed by atoms with van der Waals surface area (Å²) in [5.74, 6) is -0.438. The van der Waals surface area contributed by atoms with Crippen LogP contribution in [0.4, 0.5) is 0 Å². The summed E-state index contributed by atoms with van der Waals surface area (Å²) in [6, 6.07) is 18.3. The number of benzene rings is 2. The van der Waals surface area contributed by atoms with Crippen LogP contribution in [0, 0.1) is 3.57 Å². The van der Waals surface area contributed by atoms with Gasteiger partial charge < -0.3 is 11.1 Å². The third kappa shape index (κ3) is 4.83. The van der Waals surface area contributed by atoms with Crippen molar-refractivity contribution in [3.05, 3.63) is 85.6 Å². The van der Waals surface area contributed by atoms with Crippen molar-refractivity contribution in [3.63, 3.8) is 0 Å². The summed E-state index contributed by atoms with van der Waals surface area (Å²) in [4.78, 5) is 16.4. The van der Waals surface area contributed by atoms with Crippen LogP contribution in [0.15, 0.2) is 65.4 Å². The molecule has 0 bridgehead atoms. The molecule has 0 aliphatic carbocycles. The third-order valence-corrected chi connectivity index (χ3v) is 6.20. The number of nitrogens with two attached hydrogens (primary N) is 1. The van der Waals surface area contributed by atoms with E-state index in [1.165, 1.54) is 9.13 Å². The average molecular weight is 513 g/mol. The summed E-state index contributed by atoms with van der Waals surface area (Å²) < 4.78 is 1.25. The third-order valence-electron chi connectivity index (χ3n) is 4.79. The molecule has 0 fully saturated rings. The Morgan fingerprint density at radius 2 is 1.93 bits per heavy atom. The summed E-state index contributed by atoms with van der Waals surface area (Å²) in [5.41, 5.74) is 11.2. The fourth-order valence-corrected chi connectivity index (χ4v) is 4.26. The number of nitrogens with zero attached hydrogens (tertiary/aromatic N) is 1. The number of thiophene rings is 1. The molecular formula is C23H20IN3OS. The number of hydrogen-bond donors (Lipinski definition) is 2. The van der Waals surface area contributed by atoms with E-state index in [4.69, 9.17) is 10.7 Å². The van der Waals surface area contributed by atoms with Gasteiger partial charge in [0.1, 0.15) is 0 Å². The highest BCUT2D eigenvalue weighted by Crippen LogP contribution is 2.28. The summed E-state index contributed by atoms with van der Waals surface area (Å²) in [6.45, 7) is 1.62. The number of aromatic nitrogens is 1. The Kier molecular flexibility index (Phi) is 6.22. The van der Waals surface area contributed by atoms with Crippen LogP contribution in [0.1, 0.15) is 21.5 Å². The van der Waals surface area contributed by atoms with Crippen LogP contribution in [-0.2, 0) is 13.0 Å². The summed E-state index contributed by atoms with van der Waals surface area (Å²) in [6.07, 6.45) is 0.980. The number of halogens is 1. The Balaban J connectivity index is 1.56. The van der Waals surface area contributed by atoms with E-state index in [2.05, 4.69) is 75.1 Å². The van der Waals surface area contributed by atoms with E-state index in [0.29, 0.717) is 5.56 Å². The maximum Gasteiger partial charge on any atom is 0.248 e. The molecule has 2 aromatic carbocycles. The Morgan fingerprint density at radius 3 is 2.66 bits per heavy atom. The van der Waals surface area contributed by atoms with Gasteiger partial charge >= 0.3 is 0 Å². The molecule has 4 rings (SSSR count). The van der Waals surface area contributed by atoms with E-state index in [1.54, 1.807) is 23.5 Å². The van der Waals surface area contributed by atoms with Gasteiger partial charge in [0.05, 0.1) is 11.2 Å². The van der Waals surface area contributed by atoms with Crippen molar-refractivity contribution in [2.45, 2.75) is 13.0 Å². The van der Waals surface area contributed by atoms with Crippen LogP contribution >= 0.6 is 33.9 Å². The van der Waals surface area contributed by atoms with E-state index in [0.717, 1.165) is 47.2 Å². The summed E-state index contributed by atoms with van der Waals surface area (Å²) >= 11 is 3.97. The van der Waals surface area contributed by atoms with E-state index < -0.39 is 5.91 Å². The van der Waals surface area contributed by atoms with Gasteiger partial charge in [0.15, 0.2) is 0 Å². The number of hydrogen-bond acceptors (Lipinski definition) is 4. The molecule has 146 valence electrons. The lowest BCUT2D eigenvalue weighted by atomic mass is 10.0. The molecule has 0 radical (unpaired) electrons. The predicted octanol–water partition coefficient (Wildman–Crippen LogP) is 5.00. The molecule has 3 N–H and O–H groups in total. The second kappa shape index (κ2) is 9.02. The molecule has 2 aromatic heterocycles. The first-order valence-corrected chi connectivity index (χ1v) is 11.3. The molecule has 0 unspecified atom stereocenters. The molecular weight excluding hydrogens is 493 g/mol. The summed E-state index contributed by atoms with van der Waals surface area (Å²) in [7, 11) is 0. The fraction of sp³-hybridized carbons (Fsp3) is 0.130. The summed E-state index contributed by atoms with van der Waals surface area (Å²) in [5, 5.41) is 8.70. The van der Waals surface area contributed by atoms with Crippen molar-refractivity contribution < 1.29 is 4.79 Å². The van der Waals surface area contributed by atoms with Gasteiger partial charge in [-0.15, -0.1) is 0 Å². The molecule has 2 heterocycles. The molecule has 0 saturated carbocycles. The normalized spacial score (nSPS) is 11.1. The SMILES string of the molecule is NC(=O)c1ccc2cc(CNCCc3ccc(I)cc3)c(-c3ccsc3)nc2c1. The number of nitrogens with one attached hydrogen (secondary N) is 1. The largest absolute Gasteiger partial charge is 0.366 e. The predicted molar refractivity (Wildman–Crippen MR) is 128 cm³/mol. The number of carbonyl (C=O) groups is 1. The minimum absolute atomic E-state index is 0.438. The monoisotopic (exact) mass is 513 g/mol. The first-order valence-electron chi connectivity index (χ1n) is 9.31. The smallest absolute Gasteiger partial charge is 0.248 e. The Bertz CT molecular complexity index is 1140. The first-order chi connectivity index (χ1) is 14.1. The van der Waals surface area contributed by atoms with Gasteiger partial charge in [0.2, 0.25) is 5.91 Å². The van der Waals surface area contributed by atoms with Crippen molar-refractivity contribution in [1.82, 2.24) is 10.3 Å². The van der Waals surface area contributed by atoms with Gasteiger partial charge in [-0.05, 0) is 88.5 Å². The van der Waals surface area contributed by atoms with E-state index in [1.807, 2.05) is 6.07 Å². The number of carbonyl (C=O) groups excluding carboxylic acids is 1. The van der Waals surface area contributed by atoms with Gasteiger partial charge in [-0.2, -0.15) is 11.3 Å². The Hall–Kier alpha value is -2.29. The Morgan fingerprint density at radius 1 is 1.10 bits per heavy atom. The fourth-order valence-electron chi connectivity index (χ4n) is 3.25.